The minimum Gasteiger partial charge on any atom is -0.481 e. The first-order chi connectivity index (χ1) is 14.2. The van der Waals surface area contributed by atoms with Crippen LogP contribution in [-0.2, 0) is 16.0 Å². The second kappa shape index (κ2) is 11.3. The Morgan fingerprint density at radius 1 is 1.23 bits per heavy atom. The van der Waals surface area contributed by atoms with Crippen LogP contribution < -0.4 is 0 Å². The van der Waals surface area contributed by atoms with Crippen LogP contribution in [0.3, 0.4) is 0 Å². The molecule has 1 saturated carbocycles. The molecule has 2 rings (SSSR count). The number of aliphatic carboxylic acids is 1. The number of rotatable bonds is 10. The Hall–Kier alpha value is -2.16. The molecule has 1 aromatic carbocycles. The maximum atomic E-state index is 12.3. The van der Waals surface area contributed by atoms with Gasteiger partial charge >= 0.3 is 5.97 Å². The molecule has 0 heterocycles. The molecule has 5 heteroatoms. The average Bonchev–Trinajstić information content (AvgIpc) is 2.97. The van der Waals surface area contributed by atoms with Crippen molar-refractivity contribution in [1.29, 1.82) is 0 Å². The molecule has 0 saturated heterocycles. The summed E-state index contributed by atoms with van der Waals surface area (Å²) < 4.78 is 0. The van der Waals surface area contributed by atoms with Crippen LogP contribution in [-0.4, -0.2) is 38.8 Å². The van der Waals surface area contributed by atoms with Gasteiger partial charge in [0.15, 0.2) is 0 Å². The molecule has 164 valence electrons. The van der Waals surface area contributed by atoms with Crippen molar-refractivity contribution in [3.63, 3.8) is 0 Å². The molecule has 0 radical (unpaired) electrons. The molecule has 0 amide bonds. The van der Waals surface area contributed by atoms with Gasteiger partial charge in [-0.2, -0.15) is 0 Å². The molecule has 0 bridgehead atoms. The molecule has 1 fully saturated rings. The lowest BCUT2D eigenvalue weighted by Gasteiger charge is -2.19. The minimum absolute atomic E-state index is 0.0321. The van der Waals surface area contributed by atoms with Crippen molar-refractivity contribution in [3.8, 4) is 11.8 Å². The number of ketones is 1. The zero-order valence-electron chi connectivity index (χ0n) is 18.0. The van der Waals surface area contributed by atoms with E-state index in [9.17, 15) is 19.8 Å². The smallest absolute Gasteiger partial charge is 0.306 e. The summed E-state index contributed by atoms with van der Waals surface area (Å²) in [6.45, 7) is 3.37. The first-order valence-electron chi connectivity index (χ1n) is 10.9. The number of Topliss-reactive ketones (excluding diaryl/α,β-unsaturated/α-hetero) is 1. The largest absolute Gasteiger partial charge is 0.481 e. The van der Waals surface area contributed by atoms with Crippen molar-refractivity contribution in [2.24, 2.45) is 17.8 Å². The Morgan fingerprint density at radius 3 is 2.60 bits per heavy atom. The van der Waals surface area contributed by atoms with Crippen molar-refractivity contribution in [2.75, 3.05) is 0 Å². The van der Waals surface area contributed by atoms with Gasteiger partial charge < -0.3 is 15.3 Å². The number of carboxylic acid groups (broad SMARTS) is 1. The molecular formula is C25H34O5. The Bertz CT molecular complexity index is 759. The lowest BCUT2D eigenvalue weighted by Crippen LogP contribution is -2.25. The molecule has 0 aliphatic heterocycles. The summed E-state index contributed by atoms with van der Waals surface area (Å²) in [6, 6.07) is 9.89. The van der Waals surface area contributed by atoms with Crippen LogP contribution in [0.4, 0.5) is 0 Å². The number of unbranched alkanes of at least 4 members (excludes halogenated alkanes) is 2. The topological polar surface area (TPSA) is 94.8 Å². The zero-order chi connectivity index (χ0) is 22.1. The Labute approximate surface area is 179 Å². The quantitative estimate of drug-likeness (QED) is 0.402. The van der Waals surface area contributed by atoms with E-state index in [2.05, 4.69) is 11.8 Å². The maximum absolute atomic E-state index is 12.3. The summed E-state index contributed by atoms with van der Waals surface area (Å²) >= 11 is 0. The molecule has 1 aliphatic rings. The number of carboxylic acids is 1. The predicted octanol–water partition coefficient (Wildman–Crippen LogP) is 3.61. The van der Waals surface area contributed by atoms with Crippen molar-refractivity contribution in [2.45, 2.75) is 76.9 Å². The molecular weight excluding hydrogens is 380 g/mol. The molecule has 5 nitrogen and oxygen atoms in total. The fourth-order valence-corrected chi connectivity index (χ4v) is 3.94. The van der Waals surface area contributed by atoms with E-state index in [0.717, 1.165) is 24.8 Å². The molecule has 1 aliphatic carbocycles. The third-order valence-corrected chi connectivity index (χ3v) is 6.00. The number of hydrogen-bond acceptors (Lipinski definition) is 4. The van der Waals surface area contributed by atoms with Crippen LogP contribution in [0, 0.1) is 29.6 Å². The molecule has 0 spiro atoms. The highest BCUT2D eigenvalue weighted by atomic mass is 16.4. The van der Waals surface area contributed by atoms with Gasteiger partial charge in [0.2, 0.25) is 0 Å². The van der Waals surface area contributed by atoms with Crippen molar-refractivity contribution >= 4 is 11.8 Å². The SMILES string of the molecule is CC(CCCCC[C@H]1C(=O)C[C@H](O)[C@@H]1C#CC(C)(O)CCc1ccccc1)C(=O)O. The standard InChI is InChI=1S/C25H34O5/c1-18(24(28)29)9-5-3-8-12-20-21(23(27)17-22(20)26)14-16-25(2,30)15-13-19-10-6-4-7-11-19/h4,6-7,10-11,18,20-21,23,27,30H,3,5,8-9,12-13,15,17H2,1-2H3,(H,28,29)/t18?,20-,21-,23+,25?/m1/s1. The number of hydrogen-bond donors (Lipinski definition) is 3. The monoisotopic (exact) mass is 414 g/mol. The van der Waals surface area contributed by atoms with Gasteiger partial charge in [-0.3, -0.25) is 9.59 Å². The van der Waals surface area contributed by atoms with Gasteiger partial charge in [-0.05, 0) is 38.2 Å². The highest BCUT2D eigenvalue weighted by Gasteiger charge is 2.40. The van der Waals surface area contributed by atoms with E-state index >= 15 is 0 Å². The van der Waals surface area contributed by atoms with Gasteiger partial charge in [0.05, 0.1) is 17.9 Å². The highest BCUT2D eigenvalue weighted by Crippen LogP contribution is 2.33. The Morgan fingerprint density at radius 2 is 1.93 bits per heavy atom. The predicted molar refractivity (Wildman–Crippen MR) is 116 cm³/mol. The third-order valence-electron chi connectivity index (χ3n) is 6.00. The lowest BCUT2D eigenvalue weighted by atomic mass is 9.88. The lowest BCUT2D eigenvalue weighted by molar-refractivity contribution is -0.141. The fraction of sp³-hybridized carbons (Fsp3) is 0.600. The van der Waals surface area contributed by atoms with Gasteiger partial charge in [0, 0.05) is 12.3 Å². The molecule has 5 atom stereocenters. The van der Waals surface area contributed by atoms with Crippen molar-refractivity contribution < 1.29 is 24.9 Å². The number of aliphatic hydroxyl groups is 2. The number of carbonyl (C=O) groups is 2. The second-order valence-corrected chi connectivity index (χ2v) is 8.78. The fourth-order valence-electron chi connectivity index (χ4n) is 3.94. The molecule has 30 heavy (non-hydrogen) atoms. The first-order valence-corrected chi connectivity index (χ1v) is 10.9. The van der Waals surface area contributed by atoms with Crippen LogP contribution in [0.2, 0.25) is 0 Å². The van der Waals surface area contributed by atoms with E-state index in [-0.39, 0.29) is 24.0 Å². The van der Waals surface area contributed by atoms with E-state index in [1.54, 1.807) is 13.8 Å². The molecule has 1 aromatic rings. The number of aryl methyl sites for hydroxylation is 1. The normalized spacial score (nSPS) is 24.0. The van der Waals surface area contributed by atoms with E-state index in [1.165, 1.54) is 0 Å². The van der Waals surface area contributed by atoms with Crippen LogP contribution in [0.25, 0.3) is 0 Å². The number of aliphatic hydroxyl groups excluding tert-OH is 1. The Balaban J connectivity index is 1.88. The number of carbonyl (C=O) groups excluding carboxylic acids is 1. The molecule has 3 N–H and O–H groups in total. The van der Waals surface area contributed by atoms with E-state index in [0.29, 0.717) is 25.7 Å². The van der Waals surface area contributed by atoms with Crippen molar-refractivity contribution in [1.82, 2.24) is 0 Å². The van der Waals surface area contributed by atoms with Crippen LogP contribution >= 0.6 is 0 Å². The first kappa shape index (κ1) is 24.1. The minimum atomic E-state index is -1.18. The van der Waals surface area contributed by atoms with Gasteiger partial charge in [0.1, 0.15) is 11.4 Å². The summed E-state index contributed by atoms with van der Waals surface area (Å²) in [7, 11) is 0. The average molecular weight is 415 g/mol. The highest BCUT2D eigenvalue weighted by molar-refractivity contribution is 5.85. The van der Waals surface area contributed by atoms with Crippen LogP contribution in [0.15, 0.2) is 30.3 Å². The summed E-state index contributed by atoms with van der Waals surface area (Å²) in [5.41, 5.74) is -0.0515. The van der Waals surface area contributed by atoms with E-state index in [4.69, 9.17) is 5.11 Å². The molecule has 0 aromatic heterocycles. The summed E-state index contributed by atoms with van der Waals surface area (Å²) in [5, 5.41) is 29.9. The third kappa shape index (κ3) is 7.59. The number of benzene rings is 1. The zero-order valence-corrected chi connectivity index (χ0v) is 18.0. The van der Waals surface area contributed by atoms with E-state index < -0.39 is 23.6 Å². The van der Waals surface area contributed by atoms with Crippen LogP contribution in [0.1, 0.15) is 64.4 Å². The molecule has 2 unspecified atom stereocenters. The Kier molecular flexibility index (Phi) is 9.08. The van der Waals surface area contributed by atoms with E-state index in [1.807, 2.05) is 30.3 Å². The van der Waals surface area contributed by atoms with Gasteiger partial charge in [-0.25, -0.2) is 0 Å². The van der Waals surface area contributed by atoms with Gasteiger partial charge in [-0.1, -0.05) is 68.4 Å². The summed E-state index contributed by atoms with van der Waals surface area (Å²) in [6.07, 6.45) is 4.25. The van der Waals surface area contributed by atoms with Gasteiger partial charge in [-0.15, -0.1) is 0 Å². The summed E-state index contributed by atoms with van der Waals surface area (Å²) in [4.78, 5) is 23.2. The summed E-state index contributed by atoms with van der Waals surface area (Å²) in [5.74, 6) is 4.07. The van der Waals surface area contributed by atoms with Crippen molar-refractivity contribution in [3.05, 3.63) is 35.9 Å². The van der Waals surface area contributed by atoms with Crippen LogP contribution in [0.5, 0.6) is 0 Å². The maximum Gasteiger partial charge on any atom is 0.306 e. The van der Waals surface area contributed by atoms with Gasteiger partial charge in [0.25, 0.3) is 0 Å². The second-order valence-electron chi connectivity index (χ2n) is 8.78.